The zero-order chi connectivity index (χ0) is 32.8. The van der Waals surface area contributed by atoms with Crippen LogP contribution in [-0.2, 0) is 53.1 Å². The molecule has 8 heteroatoms. The summed E-state index contributed by atoms with van der Waals surface area (Å²) in [6.45, 7) is 31.0. The van der Waals surface area contributed by atoms with Gasteiger partial charge in [-0.1, -0.05) is 116 Å². The first-order valence-corrected chi connectivity index (χ1v) is 14.2. The molecule has 240 valence electrons. The summed E-state index contributed by atoms with van der Waals surface area (Å²) >= 11 is 0. The van der Waals surface area contributed by atoms with Crippen molar-refractivity contribution in [3.8, 4) is 5.75 Å². The molecule has 0 aliphatic heterocycles. The number of rotatable bonds is 8. The van der Waals surface area contributed by atoms with Gasteiger partial charge in [-0.15, -0.1) is 22.6 Å². The molecule has 0 fully saturated rings. The molecule has 0 bridgehead atoms. The average molecular weight is 661 g/mol. The van der Waals surface area contributed by atoms with Gasteiger partial charge >= 0.3 is 26.2 Å². The number of methoxy groups -OCH3 is 2. The van der Waals surface area contributed by atoms with Crippen LogP contribution in [-0.4, -0.2) is 62.2 Å². The van der Waals surface area contributed by atoms with Gasteiger partial charge in [0.15, 0.2) is 0 Å². The first-order valence-electron chi connectivity index (χ1n) is 14.2. The molecule has 1 rings (SSSR count). The predicted molar refractivity (Wildman–Crippen MR) is 162 cm³/mol. The minimum Gasteiger partial charge on any atom is -0.872 e. The van der Waals surface area contributed by atoms with Crippen LogP contribution in [0.15, 0.2) is 12.1 Å². The molecule has 0 N–H and O–H groups in total. The Morgan fingerprint density at radius 1 is 0.610 bits per heavy atom. The van der Waals surface area contributed by atoms with Gasteiger partial charge in [0.05, 0.1) is 13.2 Å². The number of benzene rings is 1. The minimum atomic E-state index is -0.750. The Morgan fingerprint density at radius 3 is 1.17 bits per heavy atom. The Morgan fingerprint density at radius 2 is 0.927 bits per heavy atom. The molecule has 1 aromatic rings. The molecule has 0 unspecified atom stereocenters. The van der Waals surface area contributed by atoms with Crippen LogP contribution >= 0.6 is 0 Å². The van der Waals surface area contributed by atoms with E-state index in [1.165, 1.54) is 5.56 Å². The van der Waals surface area contributed by atoms with Crippen LogP contribution in [0.25, 0.3) is 0 Å². The third kappa shape index (κ3) is 35.8. The van der Waals surface area contributed by atoms with E-state index >= 15 is 0 Å². The van der Waals surface area contributed by atoms with Crippen LogP contribution in [0, 0.1) is 0 Å². The summed E-state index contributed by atoms with van der Waals surface area (Å²) in [6.07, 6.45) is 0. The Hall–Kier alpha value is -0.337. The van der Waals surface area contributed by atoms with E-state index in [4.69, 9.17) is 9.47 Å². The fraction of sp³-hybridized carbons (Fsp3) is 0.818. The summed E-state index contributed by atoms with van der Waals surface area (Å²) in [7, 11) is 3.40. The van der Waals surface area contributed by atoms with Crippen molar-refractivity contribution < 1.29 is 56.1 Å². The molecule has 0 radical (unpaired) electrons. The van der Waals surface area contributed by atoms with Crippen LogP contribution in [0.1, 0.15) is 121 Å². The fourth-order valence-electron chi connectivity index (χ4n) is 2.75. The maximum atomic E-state index is 13.1. The third-order valence-electron chi connectivity index (χ3n) is 4.46. The Kier molecular flexibility index (Phi) is 23.9. The van der Waals surface area contributed by atoms with Gasteiger partial charge in [0.1, 0.15) is 0 Å². The molecule has 0 aliphatic rings. The number of nitrogens with zero attached hydrogens (tertiary/aromatic N) is 1. The van der Waals surface area contributed by atoms with Gasteiger partial charge in [-0.2, -0.15) is 0 Å². The number of hydrogen-bond acceptors (Lipinski definition) is 7. The van der Waals surface area contributed by atoms with Crippen LogP contribution in [0.5, 0.6) is 5.75 Å². The van der Waals surface area contributed by atoms with E-state index in [1.54, 1.807) is 76.5 Å². The first-order chi connectivity index (χ1) is 17.5. The quantitative estimate of drug-likeness (QED) is 0.416. The monoisotopic (exact) mass is 659 g/mol. The van der Waals surface area contributed by atoms with Crippen LogP contribution in [0.4, 0.5) is 0 Å². The third-order valence-corrected chi connectivity index (χ3v) is 4.46. The zero-order valence-corrected chi connectivity index (χ0v) is 32.0. The standard InChI is InChI=1S/C21H37NO3.3C4H9O.Zr/c1-20(2,3)17-13-16(19(23)18(14-17)21(4,5)6)15-22(9-11-24-7)10-12-25-8;3*1-4(2,3)5;/h13-14,23H,9-12,15H2,1-8H3;3*1-3H3;/q;3*-1;+4/p-1. The molecule has 41 heavy (non-hydrogen) atoms. The molecular weight excluding hydrogens is 598 g/mol. The zero-order valence-electron chi connectivity index (χ0n) is 29.6. The van der Waals surface area contributed by atoms with E-state index in [1.807, 2.05) is 0 Å². The second-order valence-corrected chi connectivity index (χ2v) is 15.1. The second-order valence-electron chi connectivity index (χ2n) is 15.1. The molecule has 7 nitrogen and oxygen atoms in total. The van der Waals surface area contributed by atoms with Crippen molar-refractivity contribution in [2.24, 2.45) is 0 Å². The average Bonchev–Trinajstić information content (AvgIpc) is 2.65. The van der Waals surface area contributed by atoms with Crippen LogP contribution < -0.4 is 20.4 Å². The molecule has 0 atom stereocenters. The van der Waals surface area contributed by atoms with Crippen molar-refractivity contribution in [3.63, 3.8) is 0 Å². The summed E-state index contributed by atoms with van der Waals surface area (Å²) in [4.78, 5) is 2.22. The van der Waals surface area contributed by atoms with E-state index in [2.05, 4.69) is 58.6 Å². The van der Waals surface area contributed by atoms with Crippen molar-refractivity contribution >= 4 is 0 Å². The first kappa shape index (κ1) is 47.6. The summed E-state index contributed by atoms with van der Waals surface area (Å²) in [5.41, 5.74) is 0.562. The largest absolute Gasteiger partial charge is 4.00 e. The van der Waals surface area contributed by atoms with Crippen molar-refractivity contribution in [1.82, 2.24) is 4.90 Å². The minimum absolute atomic E-state index is 0. The van der Waals surface area contributed by atoms with Crippen LogP contribution in [0.2, 0.25) is 0 Å². The van der Waals surface area contributed by atoms with Gasteiger partial charge in [0.25, 0.3) is 0 Å². The van der Waals surface area contributed by atoms with Gasteiger partial charge in [0, 0.05) is 33.9 Å². The molecule has 0 aliphatic carbocycles. The van der Waals surface area contributed by atoms with E-state index in [9.17, 15) is 20.4 Å². The molecule has 0 saturated carbocycles. The van der Waals surface area contributed by atoms with Gasteiger partial charge in [-0.3, -0.25) is 4.90 Å². The molecule has 0 heterocycles. The Labute approximate surface area is 273 Å². The van der Waals surface area contributed by atoms with E-state index < -0.39 is 16.8 Å². The van der Waals surface area contributed by atoms with Crippen molar-refractivity contribution in [2.75, 3.05) is 40.5 Å². The molecule has 0 amide bonds. The van der Waals surface area contributed by atoms with Gasteiger partial charge in [-0.25, -0.2) is 0 Å². The molecule has 0 aromatic heterocycles. The maximum Gasteiger partial charge on any atom is 4.00 e. The normalized spacial score (nSPS) is 12.2. The summed E-state index contributed by atoms with van der Waals surface area (Å²) in [5.74, 6) is 0.167. The smallest absolute Gasteiger partial charge is 0.872 e. The maximum absolute atomic E-state index is 13.1. The summed E-state index contributed by atoms with van der Waals surface area (Å²) in [5, 5.41) is 43.4. The van der Waals surface area contributed by atoms with Gasteiger partial charge in [0.2, 0.25) is 0 Å². The van der Waals surface area contributed by atoms with Crippen molar-refractivity contribution in [1.29, 1.82) is 0 Å². The predicted octanol–water partition coefficient (Wildman–Crippen LogP) is 3.88. The van der Waals surface area contributed by atoms with E-state index in [-0.39, 0.29) is 42.8 Å². The number of ether oxygens (including phenoxy) is 2. The van der Waals surface area contributed by atoms with E-state index in [0.717, 1.165) is 24.2 Å². The van der Waals surface area contributed by atoms with Crippen LogP contribution in [0.3, 0.4) is 0 Å². The van der Waals surface area contributed by atoms with E-state index in [0.29, 0.717) is 19.8 Å². The van der Waals surface area contributed by atoms with Crippen molar-refractivity contribution in [3.05, 3.63) is 28.8 Å². The number of hydrogen-bond donors (Lipinski definition) is 0. The van der Waals surface area contributed by atoms with Gasteiger partial charge in [-0.05, 0) is 27.5 Å². The Balaban J connectivity index is -0.000000351. The Bertz CT molecular complexity index is 740. The molecule has 0 saturated heterocycles. The summed E-state index contributed by atoms with van der Waals surface area (Å²) < 4.78 is 10.4. The molecule has 0 spiro atoms. The SMILES string of the molecule is CC(C)(C)[O-].CC(C)(C)[O-].CC(C)(C)[O-].COCCN(CCOC)Cc1cc(C(C)(C)C)cc(C(C)(C)C)c1[O-].[Zr+4]. The van der Waals surface area contributed by atoms with Gasteiger partial charge < -0.3 is 29.9 Å². The summed E-state index contributed by atoms with van der Waals surface area (Å²) in [6, 6.07) is 4.19. The fourth-order valence-corrected chi connectivity index (χ4v) is 2.75. The molecular formula is C33H63NO6Zr. The topological polar surface area (TPSA) is 114 Å². The van der Waals surface area contributed by atoms with Crippen molar-refractivity contribution in [2.45, 2.75) is 138 Å². The second kappa shape index (κ2) is 20.6. The molecule has 1 aromatic carbocycles.